The second-order valence-corrected chi connectivity index (χ2v) is 7.19. The first-order valence-corrected chi connectivity index (χ1v) is 9.32. The minimum atomic E-state index is -0.457. The van der Waals surface area contributed by atoms with Gasteiger partial charge in [-0.1, -0.05) is 30.3 Å². The number of para-hydroxylation sites is 1. The molecule has 0 spiro atoms. The minimum Gasteiger partial charge on any atom is -0.456 e. The van der Waals surface area contributed by atoms with E-state index in [2.05, 4.69) is 4.98 Å². The summed E-state index contributed by atoms with van der Waals surface area (Å²) in [4.78, 5) is 29.8. The first-order chi connectivity index (χ1) is 13.0. The highest BCUT2D eigenvalue weighted by molar-refractivity contribution is 7.18. The zero-order valence-corrected chi connectivity index (χ0v) is 15.7. The molecule has 0 unspecified atom stereocenters. The summed E-state index contributed by atoms with van der Waals surface area (Å²) >= 11 is 1.54. The average Bonchev–Trinajstić information content (AvgIpc) is 3.09. The number of hydrogen-bond donors (Lipinski definition) is 0. The summed E-state index contributed by atoms with van der Waals surface area (Å²) in [5, 5.41) is 0.858. The number of fused-ring (bicyclic) bond motifs is 1. The fourth-order valence-corrected chi connectivity index (χ4v) is 3.50. The molecule has 1 amide bonds. The summed E-state index contributed by atoms with van der Waals surface area (Å²) in [6, 6.07) is 14.0. The van der Waals surface area contributed by atoms with E-state index in [9.17, 15) is 14.0 Å². The van der Waals surface area contributed by atoms with Crippen molar-refractivity contribution in [3.05, 3.63) is 64.9 Å². The zero-order valence-electron chi connectivity index (χ0n) is 14.9. The monoisotopic (exact) mass is 386 g/mol. The van der Waals surface area contributed by atoms with Gasteiger partial charge >= 0.3 is 5.97 Å². The molecule has 140 valence electrons. The third-order valence-electron chi connectivity index (χ3n) is 4.03. The van der Waals surface area contributed by atoms with Crippen molar-refractivity contribution < 1.29 is 18.7 Å². The van der Waals surface area contributed by atoms with Gasteiger partial charge in [-0.25, -0.2) is 9.37 Å². The Kier molecular flexibility index (Phi) is 6.13. The molecular weight excluding hydrogens is 367 g/mol. The van der Waals surface area contributed by atoms with Gasteiger partial charge in [0.2, 0.25) is 0 Å². The molecule has 0 N–H and O–H groups in total. The maximum atomic E-state index is 13.6. The Morgan fingerprint density at radius 1 is 1.15 bits per heavy atom. The Morgan fingerprint density at radius 2 is 1.89 bits per heavy atom. The first-order valence-electron chi connectivity index (χ1n) is 8.50. The van der Waals surface area contributed by atoms with Gasteiger partial charge in [-0.3, -0.25) is 9.59 Å². The Balaban J connectivity index is 1.44. The van der Waals surface area contributed by atoms with E-state index in [1.165, 1.54) is 11.0 Å². The van der Waals surface area contributed by atoms with Gasteiger partial charge in [0.1, 0.15) is 5.82 Å². The molecule has 0 atom stereocenters. The van der Waals surface area contributed by atoms with Gasteiger partial charge in [0.15, 0.2) is 6.61 Å². The molecule has 27 heavy (non-hydrogen) atoms. The molecular formula is C20H19FN2O3S. The number of amides is 1. The minimum absolute atomic E-state index is 0.120. The summed E-state index contributed by atoms with van der Waals surface area (Å²) in [5.74, 6) is -1.21. The molecule has 3 rings (SSSR count). The van der Waals surface area contributed by atoms with E-state index in [-0.39, 0.29) is 31.3 Å². The fourth-order valence-electron chi connectivity index (χ4n) is 2.53. The van der Waals surface area contributed by atoms with Crippen molar-refractivity contribution in [2.45, 2.75) is 19.4 Å². The van der Waals surface area contributed by atoms with Gasteiger partial charge in [-0.2, -0.15) is 0 Å². The van der Waals surface area contributed by atoms with Crippen LogP contribution in [0.2, 0.25) is 0 Å². The van der Waals surface area contributed by atoms with Crippen molar-refractivity contribution in [2.75, 3.05) is 13.7 Å². The van der Waals surface area contributed by atoms with Crippen LogP contribution < -0.4 is 0 Å². The van der Waals surface area contributed by atoms with Crippen molar-refractivity contribution in [1.82, 2.24) is 9.88 Å². The lowest BCUT2D eigenvalue weighted by atomic mass is 10.2. The molecule has 1 heterocycles. The van der Waals surface area contributed by atoms with E-state index in [1.54, 1.807) is 36.6 Å². The number of thiazole rings is 1. The van der Waals surface area contributed by atoms with Gasteiger partial charge in [0.05, 0.1) is 21.6 Å². The van der Waals surface area contributed by atoms with E-state index < -0.39 is 5.97 Å². The summed E-state index contributed by atoms with van der Waals surface area (Å²) in [6.07, 6.45) is 0.627. The number of aryl methyl sites for hydroxylation is 1. The number of carbonyl (C=O) groups is 2. The van der Waals surface area contributed by atoms with Crippen LogP contribution in [0.25, 0.3) is 10.2 Å². The second kappa shape index (κ2) is 8.73. The van der Waals surface area contributed by atoms with Crippen LogP contribution in [-0.4, -0.2) is 35.4 Å². The lowest BCUT2D eigenvalue weighted by molar-refractivity contribution is -0.151. The van der Waals surface area contributed by atoms with Crippen molar-refractivity contribution in [3.63, 3.8) is 0 Å². The smallest absolute Gasteiger partial charge is 0.306 e. The van der Waals surface area contributed by atoms with Gasteiger partial charge in [-0.15, -0.1) is 11.3 Å². The molecule has 0 saturated carbocycles. The molecule has 0 fully saturated rings. The summed E-state index contributed by atoms with van der Waals surface area (Å²) in [7, 11) is 1.55. The van der Waals surface area contributed by atoms with Gasteiger partial charge in [-0.05, 0) is 18.2 Å². The predicted octanol–water partition coefficient (Wildman–Crippen LogP) is 3.57. The SMILES string of the molecule is CN(Cc1ccccc1F)C(=O)COC(=O)CCc1nc2ccccc2s1. The number of likely N-dealkylation sites (N-methyl/N-ethyl adjacent to an activating group) is 1. The van der Waals surface area contributed by atoms with Crippen LogP contribution in [0.1, 0.15) is 17.0 Å². The Bertz CT molecular complexity index is 924. The third kappa shape index (κ3) is 5.10. The number of ether oxygens (including phenoxy) is 1. The van der Waals surface area contributed by atoms with Crippen molar-refractivity contribution in [1.29, 1.82) is 0 Å². The quantitative estimate of drug-likeness (QED) is 0.583. The van der Waals surface area contributed by atoms with Crippen LogP contribution in [0.4, 0.5) is 4.39 Å². The number of rotatable bonds is 7. The molecule has 3 aromatic rings. The largest absolute Gasteiger partial charge is 0.456 e. The lowest BCUT2D eigenvalue weighted by Crippen LogP contribution is -2.31. The van der Waals surface area contributed by atoms with E-state index in [0.29, 0.717) is 12.0 Å². The molecule has 0 aliphatic rings. The highest BCUT2D eigenvalue weighted by Crippen LogP contribution is 2.22. The van der Waals surface area contributed by atoms with Crippen molar-refractivity contribution in [2.24, 2.45) is 0 Å². The van der Waals surface area contributed by atoms with Gasteiger partial charge < -0.3 is 9.64 Å². The molecule has 0 bridgehead atoms. The number of esters is 1. The molecule has 0 aliphatic carbocycles. The Labute approximate surface area is 160 Å². The highest BCUT2D eigenvalue weighted by atomic mass is 32.1. The highest BCUT2D eigenvalue weighted by Gasteiger charge is 2.14. The second-order valence-electron chi connectivity index (χ2n) is 6.08. The van der Waals surface area contributed by atoms with E-state index in [0.717, 1.165) is 15.2 Å². The average molecular weight is 386 g/mol. The summed E-state index contributed by atoms with van der Waals surface area (Å²) in [5.41, 5.74) is 1.33. The summed E-state index contributed by atoms with van der Waals surface area (Å²) < 4.78 is 19.8. The van der Waals surface area contributed by atoms with Gasteiger partial charge in [0, 0.05) is 25.6 Å². The van der Waals surface area contributed by atoms with Crippen LogP contribution in [0.3, 0.4) is 0 Å². The number of aromatic nitrogens is 1. The maximum absolute atomic E-state index is 13.6. The summed E-state index contributed by atoms with van der Waals surface area (Å²) in [6.45, 7) is -0.238. The van der Waals surface area contributed by atoms with E-state index in [1.807, 2.05) is 24.3 Å². The van der Waals surface area contributed by atoms with Crippen LogP contribution in [0, 0.1) is 5.82 Å². The van der Waals surface area contributed by atoms with Gasteiger partial charge in [0.25, 0.3) is 5.91 Å². The number of carbonyl (C=O) groups excluding carboxylic acids is 2. The first kappa shape index (κ1) is 19.0. The molecule has 2 aromatic carbocycles. The molecule has 0 aliphatic heterocycles. The molecule has 5 nitrogen and oxygen atoms in total. The number of benzene rings is 2. The Hall–Kier alpha value is -2.80. The topological polar surface area (TPSA) is 59.5 Å². The van der Waals surface area contributed by atoms with Crippen LogP contribution in [0.5, 0.6) is 0 Å². The maximum Gasteiger partial charge on any atom is 0.306 e. The predicted molar refractivity (Wildman–Crippen MR) is 102 cm³/mol. The van der Waals surface area contributed by atoms with Crippen molar-refractivity contribution in [3.8, 4) is 0 Å². The molecule has 1 aromatic heterocycles. The van der Waals surface area contributed by atoms with E-state index in [4.69, 9.17) is 4.74 Å². The fraction of sp³-hybridized carbons (Fsp3) is 0.250. The van der Waals surface area contributed by atoms with Crippen LogP contribution in [0.15, 0.2) is 48.5 Å². The van der Waals surface area contributed by atoms with Crippen LogP contribution >= 0.6 is 11.3 Å². The number of halogens is 1. The lowest BCUT2D eigenvalue weighted by Gasteiger charge is -2.17. The van der Waals surface area contributed by atoms with Crippen molar-refractivity contribution >= 4 is 33.4 Å². The van der Waals surface area contributed by atoms with E-state index >= 15 is 0 Å². The Morgan fingerprint density at radius 3 is 2.67 bits per heavy atom. The number of nitrogens with zero attached hydrogens (tertiary/aromatic N) is 2. The molecule has 0 radical (unpaired) electrons. The van der Waals surface area contributed by atoms with Crippen LogP contribution in [-0.2, 0) is 27.3 Å². The zero-order chi connectivity index (χ0) is 19.2. The third-order valence-corrected chi connectivity index (χ3v) is 5.13. The number of hydrogen-bond acceptors (Lipinski definition) is 5. The molecule has 0 saturated heterocycles. The normalized spacial score (nSPS) is 10.7. The molecule has 7 heteroatoms. The standard InChI is InChI=1S/C20H19FN2O3S/c1-23(12-14-6-2-3-7-15(14)21)19(24)13-26-20(25)11-10-18-22-16-8-4-5-9-17(16)27-18/h2-9H,10-13H2,1H3.